The summed E-state index contributed by atoms with van der Waals surface area (Å²) in [7, 11) is 0. The number of carbonyl (C=O) groups excluding carboxylic acids is 2. The number of likely N-dealkylation sites (tertiary alicyclic amines) is 1. The van der Waals surface area contributed by atoms with Crippen molar-refractivity contribution in [2.45, 2.75) is 37.6 Å². The molecule has 1 fully saturated rings. The first-order valence-electron chi connectivity index (χ1n) is 8.73. The predicted octanol–water partition coefficient (Wildman–Crippen LogP) is 1.97. The third-order valence-corrected chi connectivity index (χ3v) is 4.20. The number of rotatable bonds is 9. The molecule has 2 rings (SSSR count). The summed E-state index contributed by atoms with van der Waals surface area (Å²) in [5.41, 5.74) is 5.77. The molecule has 1 aromatic rings. The Bertz CT molecular complexity index is 605. The highest BCUT2D eigenvalue weighted by Gasteiger charge is 2.37. The lowest BCUT2D eigenvalue weighted by atomic mass is 10.1. The summed E-state index contributed by atoms with van der Waals surface area (Å²) < 4.78 is 31.4. The van der Waals surface area contributed by atoms with Gasteiger partial charge in [-0.2, -0.15) is 0 Å². The number of nitrogens with zero attached hydrogens (tertiary/aromatic N) is 1. The maximum atomic E-state index is 13.1. The number of hydrogen-bond donors (Lipinski definition) is 2. The minimum atomic E-state index is -2.58. The van der Waals surface area contributed by atoms with Crippen LogP contribution in [0, 0.1) is 0 Å². The third kappa shape index (κ3) is 8.64. The minimum absolute atomic E-state index is 0. The second-order valence-corrected chi connectivity index (χ2v) is 6.50. The molecular formula is C18H26ClF2N3O3. The van der Waals surface area contributed by atoms with E-state index in [2.05, 4.69) is 5.32 Å². The maximum Gasteiger partial charge on any atom is 0.264 e. The lowest BCUT2D eigenvalue weighted by Crippen LogP contribution is -2.45. The van der Waals surface area contributed by atoms with Gasteiger partial charge in [0.1, 0.15) is 5.75 Å². The summed E-state index contributed by atoms with van der Waals surface area (Å²) in [6.07, 6.45) is 1.61. The van der Waals surface area contributed by atoms with Crippen LogP contribution in [0.3, 0.4) is 0 Å². The molecule has 27 heavy (non-hydrogen) atoms. The summed E-state index contributed by atoms with van der Waals surface area (Å²) >= 11 is 0. The summed E-state index contributed by atoms with van der Waals surface area (Å²) in [6.45, 7) is 0.490. The van der Waals surface area contributed by atoms with E-state index in [1.165, 1.54) is 0 Å². The molecule has 0 bridgehead atoms. The summed E-state index contributed by atoms with van der Waals surface area (Å²) in [5, 5.41) is 2.21. The van der Waals surface area contributed by atoms with Crippen LogP contribution in [-0.4, -0.2) is 54.9 Å². The monoisotopic (exact) mass is 405 g/mol. The van der Waals surface area contributed by atoms with Crippen molar-refractivity contribution < 1.29 is 23.1 Å². The Balaban J connectivity index is 0.00000364. The molecule has 1 heterocycles. The molecule has 1 aliphatic rings. The van der Waals surface area contributed by atoms with Crippen molar-refractivity contribution >= 4 is 24.2 Å². The maximum absolute atomic E-state index is 13.1. The lowest BCUT2D eigenvalue weighted by Gasteiger charge is -2.16. The zero-order valence-electron chi connectivity index (χ0n) is 15.0. The molecule has 6 nitrogen and oxygen atoms in total. The van der Waals surface area contributed by atoms with Crippen LogP contribution in [0.5, 0.6) is 5.75 Å². The van der Waals surface area contributed by atoms with Crippen LogP contribution >= 0.6 is 12.4 Å². The van der Waals surface area contributed by atoms with Crippen molar-refractivity contribution in [3.8, 4) is 5.75 Å². The molecule has 9 heteroatoms. The first-order valence-corrected chi connectivity index (χ1v) is 8.73. The molecular weight excluding hydrogens is 380 g/mol. The van der Waals surface area contributed by atoms with E-state index in [-0.39, 0.29) is 32.0 Å². The van der Waals surface area contributed by atoms with Crippen LogP contribution in [0.15, 0.2) is 30.3 Å². The van der Waals surface area contributed by atoms with Gasteiger partial charge in [-0.15, -0.1) is 12.4 Å². The van der Waals surface area contributed by atoms with Gasteiger partial charge in [0, 0.05) is 13.0 Å². The smallest absolute Gasteiger partial charge is 0.264 e. The number of para-hydroxylation sites is 1. The molecule has 1 atom stereocenters. The van der Waals surface area contributed by atoms with Gasteiger partial charge in [-0.05, 0) is 31.5 Å². The third-order valence-electron chi connectivity index (χ3n) is 4.20. The second kappa shape index (κ2) is 11.2. The van der Waals surface area contributed by atoms with Gasteiger partial charge in [0.05, 0.1) is 12.6 Å². The van der Waals surface area contributed by atoms with Crippen LogP contribution in [0.1, 0.15) is 25.7 Å². The highest BCUT2D eigenvalue weighted by molar-refractivity contribution is 5.98. The molecule has 1 aliphatic heterocycles. The van der Waals surface area contributed by atoms with E-state index < -0.39 is 23.8 Å². The molecule has 3 N–H and O–H groups in total. The number of alkyl halides is 2. The number of nitrogens with two attached hydrogens (primary N) is 1. The zero-order chi connectivity index (χ0) is 19.0. The normalized spacial score (nSPS) is 17.0. The molecule has 0 radical (unpaired) electrons. The van der Waals surface area contributed by atoms with E-state index in [9.17, 15) is 18.4 Å². The van der Waals surface area contributed by atoms with E-state index >= 15 is 0 Å². The highest BCUT2D eigenvalue weighted by Crippen LogP contribution is 2.26. The number of imide groups is 1. The van der Waals surface area contributed by atoms with E-state index in [0.29, 0.717) is 38.1 Å². The number of ether oxygens (including phenoxy) is 1. The van der Waals surface area contributed by atoms with Crippen molar-refractivity contribution in [3.05, 3.63) is 30.3 Å². The van der Waals surface area contributed by atoms with Gasteiger partial charge in [0.25, 0.3) is 11.8 Å². The Hall–Kier alpha value is -1.77. The highest BCUT2D eigenvalue weighted by atomic mass is 35.5. The first kappa shape index (κ1) is 23.3. The Morgan fingerprint density at radius 2 is 1.96 bits per heavy atom. The second-order valence-electron chi connectivity index (χ2n) is 6.50. The molecule has 2 amide bonds. The number of halogens is 3. The number of carbonyl (C=O) groups is 2. The predicted molar refractivity (Wildman–Crippen MR) is 100 cm³/mol. The van der Waals surface area contributed by atoms with E-state index in [4.69, 9.17) is 10.5 Å². The van der Waals surface area contributed by atoms with Crippen LogP contribution in [0.4, 0.5) is 8.78 Å². The zero-order valence-corrected chi connectivity index (χ0v) is 15.9. The minimum Gasteiger partial charge on any atom is -0.484 e. The number of amides is 2. The Kier molecular flexibility index (Phi) is 9.62. The lowest BCUT2D eigenvalue weighted by molar-refractivity contribution is -0.132. The largest absolute Gasteiger partial charge is 0.484 e. The fourth-order valence-corrected chi connectivity index (χ4v) is 2.76. The Morgan fingerprint density at radius 1 is 1.26 bits per heavy atom. The molecule has 0 aromatic heterocycles. The molecule has 152 valence electrons. The average Bonchev–Trinajstić information content (AvgIpc) is 2.96. The SMILES string of the molecule is Cl.N[C@@H](CCCCN1CCC(F)(F)C1)C(=O)NC(=O)COc1ccccc1. The molecule has 1 saturated heterocycles. The van der Waals surface area contributed by atoms with Gasteiger partial charge in [0.2, 0.25) is 5.91 Å². The van der Waals surface area contributed by atoms with Gasteiger partial charge in [-0.1, -0.05) is 24.6 Å². The van der Waals surface area contributed by atoms with Crippen molar-refractivity contribution in [1.82, 2.24) is 10.2 Å². The van der Waals surface area contributed by atoms with Gasteiger partial charge in [0.15, 0.2) is 6.61 Å². The van der Waals surface area contributed by atoms with E-state index in [1.54, 1.807) is 29.2 Å². The quantitative estimate of drug-likeness (QED) is 0.613. The molecule has 0 spiro atoms. The molecule has 0 aliphatic carbocycles. The van der Waals surface area contributed by atoms with Crippen LogP contribution in [0.2, 0.25) is 0 Å². The molecule has 0 unspecified atom stereocenters. The first-order chi connectivity index (χ1) is 12.4. The number of benzene rings is 1. The Labute approximate surface area is 163 Å². The standard InChI is InChI=1S/C18H25F2N3O3.ClH/c19-18(20)9-11-23(13-18)10-5-4-8-15(21)17(25)22-16(24)12-26-14-6-2-1-3-7-14;/h1-3,6-7,15H,4-5,8-13,21H2,(H,22,24,25);1H/t15-;/m0./s1. The Morgan fingerprint density at radius 3 is 2.59 bits per heavy atom. The number of nitrogens with one attached hydrogen (secondary N) is 1. The average molecular weight is 406 g/mol. The van der Waals surface area contributed by atoms with Crippen molar-refractivity contribution in [3.63, 3.8) is 0 Å². The van der Waals surface area contributed by atoms with Crippen LogP contribution < -0.4 is 15.8 Å². The van der Waals surface area contributed by atoms with Gasteiger partial charge in [-0.25, -0.2) is 8.78 Å². The summed E-state index contributed by atoms with van der Waals surface area (Å²) in [4.78, 5) is 25.3. The summed E-state index contributed by atoms with van der Waals surface area (Å²) in [6, 6.07) is 7.98. The fraction of sp³-hybridized carbons (Fsp3) is 0.556. The summed E-state index contributed by atoms with van der Waals surface area (Å²) in [5.74, 6) is -3.17. The van der Waals surface area contributed by atoms with Gasteiger partial charge in [-0.3, -0.25) is 19.8 Å². The molecule has 0 saturated carbocycles. The fourth-order valence-electron chi connectivity index (χ4n) is 2.76. The van der Waals surface area contributed by atoms with Crippen LogP contribution in [0.25, 0.3) is 0 Å². The van der Waals surface area contributed by atoms with E-state index in [1.807, 2.05) is 6.07 Å². The topological polar surface area (TPSA) is 84.7 Å². The van der Waals surface area contributed by atoms with Gasteiger partial charge < -0.3 is 10.5 Å². The van der Waals surface area contributed by atoms with E-state index in [0.717, 1.165) is 0 Å². The van der Waals surface area contributed by atoms with Crippen LogP contribution in [-0.2, 0) is 9.59 Å². The number of hydrogen-bond acceptors (Lipinski definition) is 5. The van der Waals surface area contributed by atoms with Crippen molar-refractivity contribution in [2.75, 3.05) is 26.2 Å². The van der Waals surface area contributed by atoms with Gasteiger partial charge >= 0.3 is 0 Å². The van der Waals surface area contributed by atoms with Crippen molar-refractivity contribution in [2.24, 2.45) is 5.73 Å². The molecule has 1 aromatic carbocycles. The number of unbranched alkanes of at least 4 members (excludes halogenated alkanes) is 1. The van der Waals surface area contributed by atoms with Crippen molar-refractivity contribution in [1.29, 1.82) is 0 Å².